The van der Waals surface area contributed by atoms with Gasteiger partial charge in [0.2, 0.25) is 17.8 Å². The van der Waals surface area contributed by atoms with Gasteiger partial charge in [0.25, 0.3) is 5.56 Å². The van der Waals surface area contributed by atoms with E-state index in [1.165, 1.54) is 0 Å². The monoisotopic (exact) mass is 409 g/mol. The molecule has 1 saturated heterocycles. The molecule has 3 heterocycles. The van der Waals surface area contributed by atoms with Crippen LogP contribution in [0.1, 0.15) is 50.2 Å². The molecular formula is C22H27N5O3. The van der Waals surface area contributed by atoms with Crippen molar-refractivity contribution >= 4 is 29.3 Å². The molecule has 2 aliphatic rings. The molecule has 0 radical (unpaired) electrons. The van der Waals surface area contributed by atoms with Gasteiger partial charge in [-0.25, -0.2) is 0 Å². The lowest BCUT2D eigenvalue weighted by Gasteiger charge is -2.31. The van der Waals surface area contributed by atoms with Crippen LogP contribution in [0.25, 0.3) is 0 Å². The molecule has 1 aromatic heterocycles. The number of benzene rings is 1. The first-order valence-corrected chi connectivity index (χ1v) is 10.5. The first-order valence-electron chi connectivity index (χ1n) is 10.5. The van der Waals surface area contributed by atoms with Crippen LogP contribution in [0.5, 0.6) is 0 Å². The summed E-state index contributed by atoms with van der Waals surface area (Å²) >= 11 is 0. The van der Waals surface area contributed by atoms with Gasteiger partial charge in [-0.1, -0.05) is 26.0 Å². The molecule has 0 spiro atoms. The number of hydrogen-bond acceptors (Lipinski definition) is 5. The minimum absolute atomic E-state index is 0.0861. The molecule has 1 atom stereocenters. The Kier molecular flexibility index (Phi) is 5.57. The Morgan fingerprint density at radius 2 is 1.90 bits per heavy atom. The number of H-pyrrole nitrogens is 1. The highest BCUT2D eigenvalue weighted by molar-refractivity contribution is 6.04. The largest absolute Gasteiger partial charge is 0.342 e. The van der Waals surface area contributed by atoms with Crippen LogP contribution in [-0.2, 0) is 16.0 Å². The van der Waals surface area contributed by atoms with E-state index in [-0.39, 0.29) is 35.2 Å². The summed E-state index contributed by atoms with van der Waals surface area (Å²) in [4.78, 5) is 47.4. The molecule has 0 saturated carbocycles. The molecule has 4 rings (SSSR count). The van der Waals surface area contributed by atoms with Gasteiger partial charge in [-0.2, -0.15) is 4.98 Å². The average Bonchev–Trinajstić information content (AvgIpc) is 2.73. The molecule has 2 aromatic rings. The summed E-state index contributed by atoms with van der Waals surface area (Å²) in [6.07, 6.45) is 2.87. The molecule has 3 N–H and O–H groups in total. The lowest BCUT2D eigenvalue weighted by molar-refractivity contribution is -0.123. The summed E-state index contributed by atoms with van der Waals surface area (Å²) < 4.78 is 0. The number of aryl methyl sites for hydroxylation is 1. The average molecular weight is 409 g/mol. The van der Waals surface area contributed by atoms with Crippen molar-refractivity contribution in [2.24, 2.45) is 5.92 Å². The number of aromatic nitrogens is 2. The van der Waals surface area contributed by atoms with Gasteiger partial charge in [-0.15, -0.1) is 0 Å². The summed E-state index contributed by atoms with van der Waals surface area (Å²) in [5.74, 6) is -0.314. The summed E-state index contributed by atoms with van der Waals surface area (Å²) in [5.41, 5.74) is 1.63. The van der Waals surface area contributed by atoms with Gasteiger partial charge in [0.05, 0.1) is 11.5 Å². The minimum Gasteiger partial charge on any atom is -0.342 e. The van der Waals surface area contributed by atoms with Crippen molar-refractivity contribution in [2.75, 3.05) is 28.6 Å². The van der Waals surface area contributed by atoms with E-state index in [1.54, 1.807) is 0 Å². The predicted molar refractivity (Wildman–Crippen MR) is 116 cm³/mol. The van der Waals surface area contributed by atoms with E-state index >= 15 is 0 Å². The molecule has 0 aliphatic carbocycles. The Morgan fingerprint density at radius 3 is 2.57 bits per heavy atom. The Balaban J connectivity index is 1.60. The van der Waals surface area contributed by atoms with Crippen LogP contribution in [0.2, 0.25) is 0 Å². The number of amides is 2. The minimum atomic E-state index is -0.883. The summed E-state index contributed by atoms with van der Waals surface area (Å²) in [5, 5.41) is 5.50. The number of anilines is 3. The number of nitrogens with one attached hydrogen (secondary N) is 3. The third-order valence-corrected chi connectivity index (χ3v) is 5.97. The van der Waals surface area contributed by atoms with E-state index in [9.17, 15) is 14.4 Å². The van der Waals surface area contributed by atoms with Crippen LogP contribution in [0.4, 0.5) is 17.5 Å². The van der Waals surface area contributed by atoms with Crippen LogP contribution in [0.15, 0.2) is 29.1 Å². The van der Waals surface area contributed by atoms with Crippen molar-refractivity contribution in [2.45, 2.75) is 45.4 Å². The van der Waals surface area contributed by atoms with E-state index in [1.807, 2.05) is 29.2 Å². The lowest BCUT2D eigenvalue weighted by atomic mass is 9.92. The quantitative estimate of drug-likeness (QED) is 0.720. The predicted octanol–water partition coefficient (Wildman–Crippen LogP) is 2.63. The van der Waals surface area contributed by atoms with E-state index < -0.39 is 5.92 Å². The molecule has 30 heavy (non-hydrogen) atoms. The summed E-state index contributed by atoms with van der Waals surface area (Å²) in [6, 6.07) is 7.53. The second kappa shape index (κ2) is 8.30. The maximum absolute atomic E-state index is 12.9. The number of hydrogen-bond donors (Lipinski definition) is 3. The normalized spacial score (nSPS) is 19.2. The Labute approximate surface area is 175 Å². The van der Waals surface area contributed by atoms with Gasteiger partial charge in [0.1, 0.15) is 5.82 Å². The second-order valence-corrected chi connectivity index (χ2v) is 8.17. The van der Waals surface area contributed by atoms with Crippen molar-refractivity contribution in [1.82, 2.24) is 9.97 Å². The Morgan fingerprint density at radius 1 is 1.20 bits per heavy atom. The first-order chi connectivity index (χ1) is 14.4. The SMILES string of the molecule is CCc1ccc(NC(=O)C2CC(=O)Nc3nc(N4CCC(C)CC4)[nH]c(=O)c32)cc1. The molecule has 2 amide bonds. The van der Waals surface area contributed by atoms with Crippen molar-refractivity contribution in [3.05, 3.63) is 45.7 Å². The molecule has 1 aromatic carbocycles. The van der Waals surface area contributed by atoms with Gasteiger partial charge in [-0.3, -0.25) is 19.4 Å². The highest BCUT2D eigenvalue weighted by Gasteiger charge is 2.35. The zero-order valence-electron chi connectivity index (χ0n) is 17.3. The number of nitrogens with zero attached hydrogens (tertiary/aromatic N) is 2. The fourth-order valence-corrected chi connectivity index (χ4v) is 4.01. The van der Waals surface area contributed by atoms with Crippen LogP contribution in [0.3, 0.4) is 0 Å². The number of rotatable bonds is 4. The molecule has 0 bridgehead atoms. The third-order valence-electron chi connectivity index (χ3n) is 5.97. The van der Waals surface area contributed by atoms with Crippen LogP contribution < -0.4 is 21.1 Å². The maximum Gasteiger partial charge on any atom is 0.258 e. The van der Waals surface area contributed by atoms with Crippen molar-refractivity contribution in [3.63, 3.8) is 0 Å². The number of aromatic amines is 1. The van der Waals surface area contributed by atoms with Gasteiger partial charge in [0.15, 0.2) is 0 Å². The smallest absolute Gasteiger partial charge is 0.258 e. The molecule has 2 aliphatic heterocycles. The number of piperidine rings is 1. The lowest BCUT2D eigenvalue weighted by Crippen LogP contribution is -2.39. The molecular weight excluding hydrogens is 382 g/mol. The van der Waals surface area contributed by atoms with Gasteiger partial charge in [-0.05, 0) is 42.9 Å². The maximum atomic E-state index is 12.9. The van der Waals surface area contributed by atoms with Crippen LogP contribution in [-0.4, -0.2) is 34.9 Å². The molecule has 158 valence electrons. The van der Waals surface area contributed by atoms with Gasteiger partial charge in [0, 0.05) is 25.2 Å². The zero-order chi connectivity index (χ0) is 21.3. The standard InChI is InChI=1S/C22H27N5O3/c1-3-14-4-6-15(7-5-14)23-20(29)16-12-17(28)24-19-18(16)21(30)26-22(25-19)27-10-8-13(2)9-11-27/h4-7,13,16H,3,8-12H2,1-2H3,(H,23,29)(H2,24,25,26,28,30). The van der Waals surface area contributed by atoms with Gasteiger partial charge < -0.3 is 15.5 Å². The zero-order valence-corrected chi connectivity index (χ0v) is 17.3. The number of carbonyl (C=O) groups is 2. The topological polar surface area (TPSA) is 107 Å². The first kappa shape index (κ1) is 20.1. The molecule has 1 fully saturated rings. The fourth-order valence-electron chi connectivity index (χ4n) is 4.01. The van der Waals surface area contributed by atoms with Crippen LogP contribution >= 0.6 is 0 Å². The Bertz CT molecular complexity index is 1010. The van der Waals surface area contributed by atoms with Crippen molar-refractivity contribution in [1.29, 1.82) is 0 Å². The van der Waals surface area contributed by atoms with Gasteiger partial charge >= 0.3 is 0 Å². The number of fused-ring (bicyclic) bond motifs is 1. The molecule has 1 unspecified atom stereocenters. The van der Waals surface area contributed by atoms with E-state index in [2.05, 4.69) is 34.4 Å². The summed E-state index contributed by atoms with van der Waals surface area (Å²) in [7, 11) is 0. The fraction of sp³-hybridized carbons (Fsp3) is 0.455. The van der Waals surface area contributed by atoms with E-state index in [4.69, 9.17) is 0 Å². The van der Waals surface area contributed by atoms with Crippen molar-refractivity contribution < 1.29 is 9.59 Å². The second-order valence-electron chi connectivity index (χ2n) is 8.17. The summed E-state index contributed by atoms with van der Waals surface area (Å²) in [6.45, 7) is 5.87. The van der Waals surface area contributed by atoms with E-state index in [0.29, 0.717) is 17.6 Å². The Hall–Kier alpha value is -3.16. The van der Waals surface area contributed by atoms with E-state index in [0.717, 1.165) is 37.9 Å². The number of carbonyl (C=O) groups excluding carboxylic acids is 2. The molecule has 8 nitrogen and oxygen atoms in total. The van der Waals surface area contributed by atoms with Crippen LogP contribution in [0, 0.1) is 5.92 Å². The third kappa shape index (κ3) is 4.08. The molecule has 8 heteroatoms. The van der Waals surface area contributed by atoms with Crippen molar-refractivity contribution in [3.8, 4) is 0 Å². The highest BCUT2D eigenvalue weighted by Crippen LogP contribution is 2.31. The highest BCUT2D eigenvalue weighted by atomic mass is 16.2.